The van der Waals surface area contributed by atoms with Gasteiger partial charge in [0, 0.05) is 5.39 Å². The predicted octanol–water partition coefficient (Wildman–Crippen LogP) is 5.17. The van der Waals surface area contributed by atoms with E-state index >= 15 is 0 Å². The Bertz CT molecular complexity index is 533. The molecule has 0 bridgehead atoms. The number of hydrogen-bond acceptors (Lipinski definition) is 2. The first kappa shape index (κ1) is 16.8. The first-order valence-electron chi connectivity index (χ1n) is 8.73. The van der Waals surface area contributed by atoms with Gasteiger partial charge in [0.1, 0.15) is 5.75 Å². The van der Waals surface area contributed by atoms with Crippen molar-refractivity contribution in [3.63, 3.8) is 0 Å². The highest BCUT2D eigenvalue weighted by molar-refractivity contribution is 5.88. The lowest BCUT2D eigenvalue weighted by Crippen LogP contribution is -2.16. The van der Waals surface area contributed by atoms with Crippen molar-refractivity contribution in [3.05, 3.63) is 42.5 Å². The van der Waals surface area contributed by atoms with E-state index in [1.807, 2.05) is 0 Å². The third-order valence-electron chi connectivity index (χ3n) is 3.96. The zero-order valence-electron chi connectivity index (χ0n) is 13.8. The molecule has 120 valence electrons. The van der Waals surface area contributed by atoms with Gasteiger partial charge in [0.25, 0.3) is 0 Å². The fraction of sp³-hybridized carbons (Fsp3) is 0.500. The van der Waals surface area contributed by atoms with Crippen molar-refractivity contribution in [3.8, 4) is 5.75 Å². The molecule has 0 atom stereocenters. The van der Waals surface area contributed by atoms with Gasteiger partial charge in [0.15, 0.2) is 0 Å². The molecular formula is C20H29NO. The van der Waals surface area contributed by atoms with Gasteiger partial charge in [-0.2, -0.15) is 0 Å². The number of unbranched alkanes of at least 4 members (excludes halogenated alkanes) is 4. The Balaban J connectivity index is 1.59. The summed E-state index contributed by atoms with van der Waals surface area (Å²) in [5, 5.41) is 5.95. The van der Waals surface area contributed by atoms with Gasteiger partial charge in [-0.3, -0.25) is 0 Å². The summed E-state index contributed by atoms with van der Waals surface area (Å²) >= 11 is 0. The van der Waals surface area contributed by atoms with E-state index in [2.05, 4.69) is 54.7 Å². The standard InChI is InChI=1S/C20H29NO/c1-2-3-15-21-16-8-4-5-9-17-22-20-14-10-12-18-11-6-7-13-19(18)20/h6-7,10-14,21H,2-5,8-9,15-17H2,1H3. The summed E-state index contributed by atoms with van der Waals surface area (Å²) in [5.74, 6) is 1.01. The lowest BCUT2D eigenvalue weighted by atomic mass is 10.1. The lowest BCUT2D eigenvalue weighted by molar-refractivity contribution is 0.308. The molecule has 0 radical (unpaired) electrons. The zero-order chi connectivity index (χ0) is 15.5. The minimum atomic E-state index is 0.817. The van der Waals surface area contributed by atoms with Crippen molar-refractivity contribution >= 4 is 10.8 Å². The van der Waals surface area contributed by atoms with Gasteiger partial charge in [-0.1, -0.05) is 62.6 Å². The third-order valence-corrected chi connectivity index (χ3v) is 3.96. The van der Waals surface area contributed by atoms with Crippen LogP contribution in [0.15, 0.2) is 42.5 Å². The van der Waals surface area contributed by atoms with Crippen molar-refractivity contribution in [1.29, 1.82) is 0 Å². The third kappa shape index (κ3) is 5.69. The van der Waals surface area contributed by atoms with Crippen LogP contribution in [0.3, 0.4) is 0 Å². The topological polar surface area (TPSA) is 21.3 Å². The minimum absolute atomic E-state index is 0.817. The molecule has 0 heterocycles. The van der Waals surface area contributed by atoms with Crippen LogP contribution in [0.2, 0.25) is 0 Å². The summed E-state index contributed by atoms with van der Waals surface area (Å²) in [4.78, 5) is 0. The van der Waals surface area contributed by atoms with Crippen LogP contribution in [0.1, 0.15) is 45.4 Å². The highest BCUT2D eigenvalue weighted by Gasteiger charge is 2.00. The van der Waals surface area contributed by atoms with Crippen LogP contribution in [-0.4, -0.2) is 19.7 Å². The number of rotatable bonds is 11. The number of benzene rings is 2. The van der Waals surface area contributed by atoms with Crippen molar-refractivity contribution < 1.29 is 4.74 Å². The molecule has 2 aromatic carbocycles. The summed E-state index contributed by atoms with van der Waals surface area (Å²) in [6.07, 6.45) is 7.52. The van der Waals surface area contributed by atoms with E-state index < -0.39 is 0 Å². The van der Waals surface area contributed by atoms with Crippen LogP contribution >= 0.6 is 0 Å². The molecule has 0 saturated heterocycles. The average molecular weight is 299 g/mol. The van der Waals surface area contributed by atoms with Gasteiger partial charge in [0.05, 0.1) is 6.61 Å². The molecule has 0 aliphatic heterocycles. The summed E-state index contributed by atoms with van der Waals surface area (Å²) in [6, 6.07) is 14.7. The van der Waals surface area contributed by atoms with E-state index in [-0.39, 0.29) is 0 Å². The molecule has 1 N–H and O–H groups in total. The minimum Gasteiger partial charge on any atom is -0.493 e. The molecule has 0 fully saturated rings. The highest BCUT2D eigenvalue weighted by Crippen LogP contribution is 2.25. The number of fused-ring (bicyclic) bond motifs is 1. The number of nitrogens with one attached hydrogen (secondary N) is 1. The molecule has 2 nitrogen and oxygen atoms in total. The van der Waals surface area contributed by atoms with Gasteiger partial charge >= 0.3 is 0 Å². The van der Waals surface area contributed by atoms with Crippen LogP contribution in [0.5, 0.6) is 5.75 Å². The Labute approximate surface area is 134 Å². The summed E-state index contributed by atoms with van der Waals surface area (Å²) in [5.41, 5.74) is 0. The second-order valence-electron chi connectivity index (χ2n) is 5.84. The normalized spacial score (nSPS) is 11.0. The Hall–Kier alpha value is -1.54. The average Bonchev–Trinajstić information content (AvgIpc) is 2.56. The second-order valence-corrected chi connectivity index (χ2v) is 5.84. The molecule has 22 heavy (non-hydrogen) atoms. The number of ether oxygens (including phenoxy) is 1. The fourth-order valence-corrected chi connectivity index (χ4v) is 2.64. The van der Waals surface area contributed by atoms with Crippen molar-refractivity contribution in [1.82, 2.24) is 5.32 Å². The molecule has 0 amide bonds. The Morgan fingerprint density at radius 3 is 2.50 bits per heavy atom. The summed E-state index contributed by atoms with van der Waals surface area (Å²) in [6.45, 7) is 5.37. The van der Waals surface area contributed by atoms with Crippen LogP contribution in [0, 0.1) is 0 Å². The van der Waals surface area contributed by atoms with E-state index in [9.17, 15) is 0 Å². The maximum atomic E-state index is 5.96. The lowest BCUT2D eigenvalue weighted by Gasteiger charge is -2.09. The summed E-state index contributed by atoms with van der Waals surface area (Å²) in [7, 11) is 0. The molecule has 2 rings (SSSR count). The van der Waals surface area contributed by atoms with Crippen molar-refractivity contribution in [2.75, 3.05) is 19.7 Å². The maximum Gasteiger partial charge on any atom is 0.127 e. The van der Waals surface area contributed by atoms with Crippen LogP contribution in [0.25, 0.3) is 10.8 Å². The maximum absolute atomic E-state index is 5.96. The predicted molar refractivity (Wildman–Crippen MR) is 95.7 cm³/mol. The molecule has 0 unspecified atom stereocenters. The van der Waals surface area contributed by atoms with Gasteiger partial charge < -0.3 is 10.1 Å². The van der Waals surface area contributed by atoms with Crippen molar-refractivity contribution in [2.45, 2.75) is 45.4 Å². The van der Waals surface area contributed by atoms with E-state index in [4.69, 9.17) is 4.74 Å². The highest BCUT2D eigenvalue weighted by atomic mass is 16.5. The quantitative estimate of drug-likeness (QED) is 0.578. The van der Waals surface area contributed by atoms with Gasteiger partial charge in [0.2, 0.25) is 0 Å². The van der Waals surface area contributed by atoms with Crippen LogP contribution in [0.4, 0.5) is 0 Å². The van der Waals surface area contributed by atoms with Gasteiger partial charge in [-0.05, 0) is 43.8 Å². The van der Waals surface area contributed by atoms with Gasteiger partial charge in [-0.15, -0.1) is 0 Å². The molecular weight excluding hydrogens is 270 g/mol. The molecule has 0 aromatic heterocycles. The molecule has 0 aliphatic carbocycles. The molecule has 0 aliphatic rings. The van der Waals surface area contributed by atoms with E-state index in [0.717, 1.165) is 25.3 Å². The van der Waals surface area contributed by atoms with E-state index in [1.54, 1.807) is 0 Å². The Morgan fingerprint density at radius 1 is 0.818 bits per heavy atom. The van der Waals surface area contributed by atoms with E-state index in [1.165, 1.54) is 49.4 Å². The molecule has 0 saturated carbocycles. The Kier molecular flexibility index (Phi) is 7.82. The van der Waals surface area contributed by atoms with Gasteiger partial charge in [-0.25, -0.2) is 0 Å². The molecule has 0 spiro atoms. The fourth-order valence-electron chi connectivity index (χ4n) is 2.64. The molecule has 2 aromatic rings. The van der Waals surface area contributed by atoms with E-state index in [0.29, 0.717) is 0 Å². The smallest absolute Gasteiger partial charge is 0.127 e. The molecule has 2 heteroatoms. The Morgan fingerprint density at radius 2 is 1.59 bits per heavy atom. The van der Waals surface area contributed by atoms with Crippen molar-refractivity contribution in [2.24, 2.45) is 0 Å². The zero-order valence-corrected chi connectivity index (χ0v) is 13.8. The largest absolute Gasteiger partial charge is 0.493 e. The summed E-state index contributed by atoms with van der Waals surface area (Å²) < 4.78 is 5.96. The monoisotopic (exact) mass is 299 g/mol. The second kappa shape index (κ2) is 10.2. The van der Waals surface area contributed by atoms with Crippen LogP contribution < -0.4 is 10.1 Å². The first-order chi connectivity index (χ1) is 10.9. The first-order valence-corrected chi connectivity index (χ1v) is 8.73. The number of hydrogen-bond donors (Lipinski definition) is 1. The SMILES string of the molecule is CCCCNCCCCCCOc1cccc2ccccc12. The van der Waals surface area contributed by atoms with Crippen LogP contribution in [-0.2, 0) is 0 Å².